The van der Waals surface area contributed by atoms with Crippen LogP contribution in [0.4, 0.5) is 5.82 Å². The lowest BCUT2D eigenvalue weighted by Crippen LogP contribution is -2.07. The maximum atomic E-state index is 6.02. The standard InChI is InChI=1S/C14H18ClN3S/c1-4-6-12-17-13(10-7-8-11(15)19-10)9(3)14(18-12)16-5-2/h7-8H,4-6H2,1-3H3,(H,16,17,18). The van der Waals surface area contributed by atoms with Gasteiger partial charge in [-0.25, -0.2) is 9.97 Å². The lowest BCUT2D eigenvalue weighted by atomic mass is 10.2. The summed E-state index contributed by atoms with van der Waals surface area (Å²) in [4.78, 5) is 10.4. The van der Waals surface area contributed by atoms with E-state index in [1.54, 1.807) is 11.3 Å². The van der Waals surface area contributed by atoms with E-state index in [9.17, 15) is 0 Å². The Labute approximate surface area is 123 Å². The molecule has 0 aliphatic heterocycles. The van der Waals surface area contributed by atoms with Gasteiger partial charge in [-0.3, -0.25) is 0 Å². The van der Waals surface area contributed by atoms with Crippen LogP contribution in [0.1, 0.15) is 31.7 Å². The predicted molar refractivity (Wildman–Crippen MR) is 83.3 cm³/mol. The second-order valence-corrected chi connectivity index (χ2v) is 6.06. The molecule has 0 amide bonds. The molecule has 0 fully saturated rings. The van der Waals surface area contributed by atoms with Gasteiger partial charge in [0.1, 0.15) is 11.6 Å². The molecule has 1 N–H and O–H groups in total. The van der Waals surface area contributed by atoms with E-state index in [2.05, 4.69) is 36.1 Å². The van der Waals surface area contributed by atoms with Gasteiger partial charge in [-0.1, -0.05) is 18.5 Å². The second-order valence-electron chi connectivity index (χ2n) is 4.35. The van der Waals surface area contributed by atoms with Crippen molar-refractivity contribution < 1.29 is 0 Å². The van der Waals surface area contributed by atoms with Crippen LogP contribution in [0.25, 0.3) is 10.6 Å². The van der Waals surface area contributed by atoms with Gasteiger partial charge in [0.15, 0.2) is 0 Å². The first-order chi connectivity index (χ1) is 9.15. The fourth-order valence-corrected chi connectivity index (χ4v) is 3.01. The molecule has 5 heteroatoms. The van der Waals surface area contributed by atoms with Crippen molar-refractivity contribution in [1.82, 2.24) is 9.97 Å². The summed E-state index contributed by atoms with van der Waals surface area (Å²) < 4.78 is 0.787. The number of aryl methyl sites for hydroxylation is 1. The number of hydrogen-bond donors (Lipinski definition) is 1. The first-order valence-electron chi connectivity index (χ1n) is 6.52. The van der Waals surface area contributed by atoms with E-state index in [-0.39, 0.29) is 0 Å². The Morgan fingerprint density at radius 1 is 1.26 bits per heavy atom. The molecule has 0 spiro atoms. The molecular weight excluding hydrogens is 278 g/mol. The van der Waals surface area contributed by atoms with Gasteiger partial charge >= 0.3 is 0 Å². The minimum absolute atomic E-state index is 0.787. The van der Waals surface area contributed by atoms with E-state index in [1.165, 1.54) is 0 Å². The Balaban J connectivity index is 2.51. The molecule has 0 radical (unpaired) electrons. The Hall–Kier alpha value is -1.13. The third kappa shape index (κ3) is 3.25. The molecule has 102 valence electrons. The van der Waals surface area contributed by atoms with Crippen LogP contribution in [0.5, 0.6) is 0 Å². The van der Waals surface area contributed by atoms with Crippen molar-refractivity contribution in [2.24, 2.45) is 0 Å². The largest absolute Gasteiger partial charge is 0.370 e. The highest BCUT2D eigenvalue weighted by Crippen LogP contribution is 2.33. The molecule has 0 atom stereocenters. The number of nitrogens with one attached hydrogen (secondary N) is 1. The van der Waals surface area contributed by atoms with Gasteiger partial charge in [-0.05, 0) is 32.4 Å². The zero-order valence-corrected chi connectivity index (χ0v) is 13.0. The molecule has 0 aromatic carbocycles. The van der Waals surface area contributed by atoms with Crippen LogP contribution < -0.4 is 5.32 Å². The van der Waals surface area contributed by atoms with Crippen molar-refractivity contribution in [1.29, 1.82) is 0 Å². The van der Waals surface area contributed by atoms with Crippen molar-refractivity contribution in [3.8, 4) is 10.6 Å². The molecule has 2 aromatic rings. The normalized spacial score (nSPS) is 10.7. The fourth-order valence-electron chi connectivity index (χ4n) is 1.92. The number of thiophene rings is 1. The summed E-state index contributed by atoms with van der Waals surface area (Å²) in [5.74, 6) is 1.82. The molecule has 19 heavy (non-hydrogen) atoms. The number of hydrogen-bond acceptors (Lipinski definition) is 4. The summed E-state index contributed by atoms with van der Waals surface area (Å²) in [5, 5.41) is 3.31. The zero-order valence-electron chi connectivity index (χ0n) is 11.5. The Morgan fingerprint density at radius 3 is 2.63 bits per heavy atom. The molecule has 0 unspecified atom stereocenters. The third-order valence-electron chi connectivity index (χ3n) is 2.82. The topological polar surface area (TPSA) is 37.8 Å². The summed E-state index contributed by atoms with van der Waals surface area (Å²) in [6.45, 7) is 7.12. The van der Waals surface area contributed by atoms with Gasteiger partial charge in [0.05, 0.1) is 14.9 Å². The highest BCUT2D eigenvalue weighted by molar-refractivity contribution is 7.19. The van der Waals surface area contributed by atoms with Gasteiger partial charge in [0, 0.05) is 18.5 Å². The molecular formula is C14H18ClN3S. The summed E-state index contributed by atoms with van der Waals surface area (Å²) in [7, 11) is 0. The zero-order chi connectivity index (χ0) is 13.8. The van der Waals surface area contributed by atoms with Crippen molar-refractivity contribution in [3.63, 3.8) is 0 Å². The van der Waals surface area contributed by atoms with E-state index in [4.69, 9.17) is 11.6 Å². The van der Waals surface area contributed by atoms with E-state index >= 15 is 0 Å². The Morgan fingerprint density at radius 2 is 2.05 bits per heavy atom. The maximum Gasteiger partial charge on any atom is 0.133 e. The molecule has 0 aliphatic rings. The number of nitrogens with zero attached hydrogens (tertiary/aromatic N) is 2. The van der Waals surface area contributed by atoms with E-state index in [0.29, 0.717) is 0 Å². The van der Waals surface area contributed by atoms with Crippen molar-refractivity contribution in [2.75, 3.05) is 11.9 Å². The van der Waals surface area contributed by atoms with Gasteiger partial charge in [-0.2, -0.15) is 0 Å². The highest BCUT2D eigenvalue weighted by Gasteiger charge is 2.13. The molecule has 0 bridgehead atoms. The van der Waals surface area contributed by atoms with Crippen LogP contribution in [0.2, 0.25) is 4.34 Å². The number of anilines is 1. The number of aromatic nitrogens is 2. The summed E-state index contributed by atoms with van der Waals surface area (Å²) in [6, 6.07) is 3.93. The van der Waals surface area contributed by atoms with Crippen LogP contribution in [-0.4, -0.2) is 16.5 Å². The number of halogens is 1. The lowest BCUT2D eigenvalue weighted by Gasteiger charge is -2.12. The second kappa shape index (κ2) is 6.35. The SMILES string of the molecule is CCCc1nc(NCC)c(C)c(-c2ccc(Cl)s2)n1. The van der Waals surface area contributed by atoms with Crippen LogP contribution >= 0.6 is 22.9 Å². The lowest BCUT2D eigenvalue weighted by molar-refractivity contribution is 0.833. The minimum Gasteiger partial charge on any atom is -0.370 e. The third-order valence-corrected chi connectivity index (χ3v) is 4.05. The van der Waals surface area contributed by atoms with E-state index in [0.717, 1.165) is 51.5 Å². The highest BCUT2D eigenvalue weighted by atomic mass is 35.5. The minimum atomic E-state index is 0.787. The predicted octanol–water partition coefficient (Wildman–Crippen LogP) is 4.55. The van der Waals surface area contributed by atoms with Gasteiger partial charge in [0.2, 0.25) is 0 Å². The first-order valence-corrected chi connectivity index (χ1v) is 7.72. The van der Waals surface area contributed by atoms with Crippen LogP contribution in [-0.2, 0) is 6.42 Å². The van der Waals surface area contributed by atoms with E-state index in [1.807, 2.05) is 12.1 Å². The molecule has 2 rings (SSSR count). The Kier molecular flexibility index (Phi) is 4.77. The van der Waals surface area contributed by atoms with E-state index < -0.39 is 0 Å². The average molecular weight is 296 g/mol. The van der Waals surface area contributed by atoms with Gasteiger partial charge < -0.3 is 5.32 Å². The smallest absolute Gasteiger partial charge is 0.133 e. The molecule has 2 heterocycles. The van der Waals surface area contributed by atoms with Gasteiger partial charge in [0.25, 0.3) is 0 Å². The average Bonchev–Trinajstić information content (AvgIpc) is 2.80. The number of rotatable bonds is 5. The molecule has 0 saturated carbocycles. The summed E-state index contributed by atoms with van der Waals surface area (Å²) in [5.41, 5.74) is 2.08. The van der Waals surface area contributed by atoms with Crippen LogP contribution in [0, 0.1) is 6.92 Å². The molecule has 2 aromatic heterocycles. The molecule has 0 saturated heterocycles. The van der Waals surface area contributed by atoms with Crippen molar-refractivity contribution in [3.05, 3.63) is 27.9 Å². The van der Waals surface area contributed by atoms with Crippen LogP contribution in [0.15, 0.2) is 12.1 Å². The maximum absolute atomic E-state index is 6.02. The quantitative estimate of drug-likeness (QED) is 0.879. The van der Waals surface area contributed by atoms with Crippen LogP contribution in [0.3, 0.4) is 0 Å². The van der Waals surface area contributed by atoms with Gasteiger partial charge in [-0.15, -0.1) is 11.3 Å². The molecule has 0 aliphatic carbocycles. The van der Waals surface area contributed by atoms with Crippen molar-refractivity contribution >= 4 is 28.8 Å². The van der Waals surface area contributed by atoms with Crippen molar-refractivity contribution in [2.45, 2.75) is 33.6 Å². The monoisotopic (exact) mass is 295 g/mol. The Bertz CT molecular complexity index is 566. The summed E-state index contributed by atoms with van der Waals surface area (Å²) in [6.07, 6.45) is 1.93. The molecule has 3 nitrogen and oxygen atoms in total. The fraction of sp³-hybridized carbons (Fsp3) is 0.429. The first kappa shape index (κ1) is 14.3. The summed E-state index contributed by atoms with van der Waals surface area (Å²) >= 11 is 7.58.